The quantitative estimate of drug-likeness (QED) is 0.421. The molecule has 0 spiro atoms. The van der Waals surface area contributed by atoms with Crippen molar-refractivity contribution >= 4 is 24.8 Å². The predicted molar refractivity (Wildman–Crippen MR) is 108 cm³/mol. The van der Waals surface area contributed by atoms with Crippen LogP contribution in [0.2, 0.25) is 0 Å². The topological polar surface area (TPSA) is 84.0 Å². The van der Waals surface area contributed by atoms with E-state index in [1.165, 1.54) is 6.20 Å². The lowest BCUT2D eigenvalue weighted by Crippen LogP contribution is -2.41. The molecule has 0 aliphatic carbocycles. The van der Waals surface area contributed by atoms with Crippen LogP contribution in [0.15, 0.2) is 36.5 Å². The molecule has 1 saturated heterocycles. The van der Waals surface area contributed by atoms with Gasteiger partial charge in [-0.15, -0.1) is 0 Å². The normalized spacial score (nSPS) is 17.1. The first-order chi connectivity index (χ1) is 13.7. The van der Waals surface area contributed by atoms with Crippen LogP contribution < -0.4 is 10.2 Å². The van der Waals surface area contributed by atoms with E-state index in [-0.39, 0.29) is 0 Å². The van der Waals surface area contributed by atoms with Gasteiger partial charge in [0.25, 0.3) is 0 Å². The molecule has 1 aliphatic rings. The summed E-state index contributed by atoms with van der Waals surface area (Å²) in [4.78, 5) is 27.5. The Labute approximate surface area is 170 Å². The van der Waals surface area contributed by atoms with Crippen LogP contribution in [0.3, 0.4) is 0 Å². The van der Waals surface area contributed by atoms with Gasteiger partial charge in [0, 0.05) is 17.8 Å². The SMILES string of the molecule is CCOC(=O)c1ccc(Oc2ccc(B3OC(C)(C)C(C)(C)O3)c(C=O)c2)nc1. The Morgan fingerprint density at radius 3 is 2.38 bits per heavy atom. The van der Waals surface area contributed by atoms with E-state index in [0.29, 0.717) is 34.8 Å². The van der Waals surface area contributed by atoms with Crippen molar-refractivity contribution in [3.05, 3.63) is 47.7 Å². The van der Waals surface area contributed by atoms with Gasteiger partial charge in [0.05, 0.1) is 23.4 Å². The Morgan fingerprint density at radius 1 is 1.14 bits per heavy atom. The maximum atomic E-state index is 11.7. The maximum absolute atomic E-state index is 11.7. The number of hydrogen-bond acceptors (Lipinski definition) is 7. The van der Waals surface area contributed by atoms with Gasteiger partial charge in [-0.2, -0.15) is 0 Å². The van der Waals surface area contributed by atoms with E-state index in [0.717, 1.165) is 6.29 Å². The summed E-state index contributed by atoms with van der Waals surface area (Å²) in [6.07, 6.45) is 2.12. The molecular formula is C21H24BNO6. The third-order valence-corrected chi connectivity index (χ3v) is 5.16. The van der Waals surface area contributed by atoms with Gasteiger partial charge >= 0.3 is 13.1 Å². The molecule has 0 unspecified atom stereocenters. The number of hydrogen-bond donors (Lipinski definition) is 0. The minimum atomic E-state index is -0.642. The Hall–Kier alpha value is -2.71. The van der Waals surface area contributed by atoms with Gasteiger partial charge in [0.15, 0.2) is 0 Å². The van der Waals surface area contributed by atoms with E-state index in [4.69, 9.17) is 18.8 Å². The summed E-state index contributed by atoms with van der Waals surface area (Å²) in [5, 5.41) is 0. The second kappa shape index (κ2) is 7.97. The van der Waals surface area contributed by atoms with Crippen LogP contribution >= 0.6 is 0 Å². The fourth-order valence-corrected chi connectivity index (χ4v) is 2.80. The zero-order valence-electron chi connectivity index (χ0n) is 17.2. The summed E-state index contributed by atoms with van der Waals surface area (Å²) >= 11 is 0. The zero-order chi connectivity index (χ0) is 21.2. The Bertz CT molecular complexity index is 894. The number of carbonyl (C=O) groups is 2. The van der Waals surface area contributed by atoms with Gasteiger partial charge in [-0.05, 0) is 58.3 Å². The fraction of sp³-hybridized carbons (Fsp3) is 0.381. The second-order valence-corrected chi connectivity index (χ2v) is 7.70. The number of benzene rings is 1. The Morgan fingerprint density at radius 2 is 1.83 bits per heavy atom. The van der Waals surface area contributed by atoms with Crippen molar-refractivity contribution in [1.29, 1.82) is 0 Å². The minimum Gasteiger partial charge on any atom is -0.462 e. The summed E-state index contributed by atoms with van der Waals surface area (Å²) in [7, 11) is -0.642. The largest absolute Gasteiger partial charge is 0.495 e. The highest BCUT2D eigenvalue weighted by Crippen LogP contribution is 2.36. The molecule has 2 aromatic rings. The van der Waals surface area contributed by atoms with Gasteiger partial charge in [-0.3, -0.25) is 4.79 Å². The standard InChI is InChI=1S/C21H24BNO6/c1-6-26-19(25)14-7-10-18(23-12-14)27-16-8-9-17(15(11-16)13-24)22-28-20(2,3)21(4,5)29-22/h7-13H,6H2,1-5H3. The molecule has 1 aromatic heterocycles. The molecule has 8 heteroatoms. The smallest absolute Gasteiger partial charge is 0.462 e. The molecular weight excluding hydrogens is 373 g/mol. The molecule has 1 fully saturated rings. The summed E-state index contributed by atoms with van der Waals surface area (Å²) in [5.74, 6) is 0.281. The molecule has 152 valence electrons. The van der Waals surface area contributed by atoms with Gasteiger partial charge < -0.3 is 18.8 Å². The lowest BCUT2D eigenvalue weighted by molar-refractivity contribution is 0.00578. The molecule has 0 radical (unpaired) electrons. The van der Waals surface area contributed by atoms with E-state index in [1.54, 1.807) is 37.3 Å². The highest BCUT2D eigenvalue weighted by Gasteiger charge is 2.52. The highest BCUT2D eigenvalue weighted by molar-refractivity contribution is 6.63. The first-order valence-electron chi connectivity index (χ1n) is 9.42. The number of aldehydes is 1. The van der Waals surface area contributed by atoms with Crippen molar-refractivity contribution in [3.8, 4) is 11.6 Å². The number of nitrogens with zero attached hydrogens (tertiary/aromatic N) is 1. The average molecular weight is 397 g/mol. The molecule has 3 rings (SSSR count). The van der Waals surface area contributed by atoms with Crippen LogP contribution in [0, 0.1) is 0 Å². The van der Waals surface area contributed by atoms with Crippen LogP contribution in [0.4, 0.5) is 0 Å². The van der Waals surface area contributed by atoms with E-state index < -0.39 is 24.3 Å². The number of pyridine rings is 1. The second-order valence-electron chi connectivity index (χ2n) is 7.70. The number of carbonyl (C=O) groups excluding carboxylic acids is 2. The van der Waals surface area contributed by atoms with Gasteiger partial charge in [-0.25, -0.2) is 9.78 Å². The van der Waals surface area contributed by atoms with Crippen LogP contribution in [-0.4, -0.2) is 42.2 Å². The first-order valence-corrected chi connectivity index (χ1v) is 9.42. The summed E-state index contributed by atoms with van der Waals surface area (Å²) < 4.78 is 22.7. The molecule has 0 bridgehead atoms. The Kier molecular flexibility index (Phi) is 5.77. The van der Waals surface area contributed by atoms with E-state index in [2.05, 4.69) is 4.98 Å². The van der Waals surface area contributed by atoms with Gasteiger partial charge in [0.1, 0.15) is 12.0 Å². The fourth-order valence-electron chi connectivity index (χ4n) is 2.80. The van der Waals surface area contributed by atoms with E-state index in [1.807, 2.05) is 27.7 Å². The predicted octanol–water partition coefficient (Wildman–Crippen LogP) is 3.16. The zero-order valence-corrected chi connectivity index (χ0v) is 17.2. The van der Waals surface area contributed by atoms with Crippen LogP contribution in [0.25, 0.3) is 0 Å². The van der Waals surface area contributed by atoms with Gasteiger partial charge in [0.2, 0.25) is 5.88 Å². The lowest BCUT2D eigenvalue weighted by Gasteiger charge is -2.32. The van der Waals surface area contributed by atoms with Crippen LogP contribution in [-0.2, 0) is 14.0 Å². The summed E-state index contributed by atoms with van der Waals surface area (Å²) in [6, 6.07) is 8.20. The highest BCUT2D eigenvalue weighted by atomic mass is 16.7. The van der Waals surface area contributed by atoms with Crippen molar-refractivity contribution in [2.24, 2.45) is 0 Å². The molecule has 7 nitrogen and oxygen atoms in total. The molecule has 2 heterocycles. The molecule has 0 N–H and O–H groups in total. The Balaban J connectivity index is 1.78. The first kappa shape index (κ1) is 21.0. The van der Waals surface area contributed by atoms with Crippen molar-refractivity contribution < 1.29 is 28.4 Å². The maximum Gasteiger partial charge on any atom is 0.495 e. The molecule has 0 atom stereocenters. The number of aromatic nitrogens is 1. The van der Waals surface area contributed by atoms with Crippen LogP contribution in [0.1, 0.15) is 55.3 Å². The molecule has 1 aromatic carbocycles. The van der Waals surface area contributed by atoms with Crippen molar-refractivity contribution in [2.45, 2.75) is 45.8 Å². The number of rotatable bonds is 6. The summed E-state index contributed by atoms with van der Waals surface area (Å²) in [6.45, 7) is 9.85. The molecule has 0 amide bonds. The summed E-state index contributed by atoms with van der Waals surface area (Å²) in [5.41, 5.74) is 0.375. The third kappa shape index (κ3) is 4.33. The average Bonchev–Trinajstić information content (AvgIpc) is 2.89. The van der Waals surface area contributed by atoms with Gasteiger partial charge in [-0.1, -0.05) is 6.07 Å². The van der Waals surface area contributed by atoms with Crippen LogP contribution in [0.5, 0.6) is 11.6 Å². The molecule has 1 aliphatic heterocycles. The van der Waals surface area contributed by atoms with E-state index >= 15 is 0 Å². The molecule has 29 heavy (non-hydrogen) atoms. The number of ether oxygens (including phenoxy) is 2. The minimum absolute atomic E-state index is 0.290. The monoisotopic (exact) mass is 397 g/mol. The number of esters is 1. The third-order valence-electron chi connectivity index (χ3n) is 5.16. The van der Waals surface area contributed by atoms with E-state index in [9.17, 15) is 9.59 Å². The lowest BCUT2D eigenvalue weighted by atomic mass is 9.76. The van der Waals surface area contributed by atoms with Crippen molar-refractivity contribution in [3.63, 3.8) is 0 Å². The molecule has 0 saturated carbocycles. The van der Waals surface area contributed by atoms with Crippen molar-refractivity contribution in [2.75, 3.05) is 6.61 Å². The van der Waals surface area contributed by atoms with Crippen molar-refractivity contribution in [1.82, 2.24) is 4.98 Å².